The van der Waals surface area contributed by atoms with Crippen molar-refractivity contribution >= 4 is 23.1 Å². The Morgan fingerprint density at radius 3 is 2.29 bits per heavy atom. The number of halogens is 3. The summed E-state index contributed by atoms with van der Waals surface area (Å²) in [6, 6.07) is 3.86. The second kappa shape index (κ2) is 4.45. The minimum atomic E-state index is -1.76. The number of carboxylic acids is 1. The Bertz CT molecular complexity index is 503. The first kappa shape index (κ1) is 12.0. The number of carbonyl (C=O) groups is 1. The van der Waals surface area contributed by atoms with E-state index in [2.05, 4.69) is 0 Å². The van der Waals surface area contributed by atoms with Crippen LogP contribution in [0.4, 0.5) is 8.78 Å². The van der Waals surface area contributed by atoms with E-state index in [1.54, 1.807) is 0 Å². The largest absolute Gasteiger partial charge is 0.478 e. The smallest absolute Gasteiger partial charge is 0.335 e. The van der Waals surface area contributed by atoms with Crippen LogP contribution in [0.1, 0.15) is 28.8 Å². The van der Waals surface area contributed by atoms with Gasteiger partial charge in [0.2, 0.25) is 0 Å². The Hall–Kier alpha value is -1.42. The first-order valence-electron chi connectivity index (χ1n) is 5.08. The highest BCUT2D eigenvalue weighted by Gasteiger charge is 2.31. The van der Waals surface area contributed by atoms with Crippen LogP contribution < -0.4 is 0 Å². The molecule has 17 heavy (non-hydrogen) atoms. The van der Waals surface area contributed by atoms with E-state index in [1.165, 1.54) is 18.2 Å². The lowest BCUT2D eigenvalue weighted by Crippen LogP contribution is -1.98. The number of allylic oxidation sites excluding steroid dienone is 1. The molecular weight excluding hydrogens is 250 g/mol. The van der Waals surface area contributed by atoms with E-state index in [0.717, 1.165) is 0 Å². The number of aromatic carboxylic acids is 1. The lowest BCUT2D eigenvalue weighted by Gasteiger charge is -2.07. The molecule has 90 valence electrons. The standard InChI is InChI=1S/C12H9ClF2O2/c13-9-4-7(3-8(5-9)12(16)17)10(11(14)15)6-1-2-6/h3-6H,1-2H2,(H,16,17). The number of rotatable bonds is 3. The Labute approximate surface area is 102 Å². The second-order valence-electron chi connectivity index (χ2n) is 3.98. The number of hydrogen-bond donors (Lipinski definition) is 1. The zero-order valence-electron chi connectivity index (χ0n) is 8.71. The molecule has 0 heterocycles. The average molecular weight is 259 g/mol. The van der Waals surface area contributed by atoms with Crippen LogP contribution in [0.3, 0.4) is 0 Å². The highest BCUT2D eigenvalue weighted by Crippen LogP contribution is 2.44. The van der Waals surface area contributed by atoms with Gasteiger partial charge in [0.1, 0.15) is 0 Å². The second-order valence-corrected chi connectivity index (χ2v) is 4.42. The lowest BCUT2D eigenvalue weighted by molar-refractivity contribution is 0.0697. The molecule has 1 aliphatic carbocycles. The third-order valence-corrected chi connectivity index (χ3v) is 2.86. The predicted octanol–water partition coefficient (Wildman–Crippen LogP) is 4.06. The number of hydrogen-bond acceptors (Lipinski definition) is 1. The lowest BCUT2D eigenvalue weighted by atomic mass is 10.0. The summed E-state index contributed by atoms with van der Waals surface area (Å²) in [5.74, 6) is -1.34. The summed E-state index contributed by atoms with van der Waals surface area (Å²) in [6.45, 7) is 0. The molecule has 5 heteroatoms. The number of benzene rings is 1. The summed E-state index contributed by atoms with van der Waals surface area (Å²) in [4.78, 5) is 10.8. The quantitative estimate of drug-likeness (QED) is 0.888. The van der Waals surface area contributed by atoms with E-state index in [1.807, 2.05) is 0 Å². The Morgan fingerprint density at radius 2 is 1.82 bits per heavy atom. The van der Waals surface area contributed by atoms with Gasteiger partial charge in [0.05, 0.1) is 5.56 Å². The molecule has 0 atom stereocenters. The first-order chi connectivity index (χ1) is 7.99. The molecule has 1 aromatic rings. The molecule has 1 N–H and O–H groups in total. The average Bonchev–Trinajstić information content (AvgIpc) is 3.00. The molecule has 2 nitrogen and oxygen atoms in total. The zero-order valence-corrected chi connectivity index (χ0v) is 9.47. The molecule has 0 aromatic heterocycles. The van der Waals surface area contributed by atoms with Gasteiger partial charge in [0.15, 0.2) is 0 Å². The van der Waals surface area contributed by atoms with Crippen LogP contribution in [0.5, 0.6) is 0 Å². The fourth-order valence-electron chi connectivity index (χ4n) is 1.74. The van der Waals surface area contributed by atoms with Gasteiger partial charge >= 0.3 is 5.97 Å². The predicted molar refractivity (Wildman–Crippen MR) is 60.3 cm³/mol. The van der Waals surface area contributed by atoms with Gasteiger partial charge in [-0.1, -0.05) is 11.6 Å². The van der Waals surface area contributed by atoms with Crippen molar-refractivity contribution in [2.45, 2.75) is 12.8 Å². The number of carboxylic acid groups (broad SMARTS) is 1. The van der Waals surface area contributed by atoms with E-state index in [9.17, 15) is 13.6 Å². The van der Waals surface area contributed by atoms with Gasteiger partial charge in [0, 0.05) is 10.6 Å². The summed E-state index contributed by atoms with van der Waals surface area (Å²) in [6.07, 6.45) is -0.338. The van der Waals surface area contributed by atoms with Crippen molar-refractivity contribution in [1.82, 2.24) is 0 Å². The van der Waals surface area contributed by atoms with Crippen molar-refractivity contribution in [1.29, 1.82) is 0 Å². The molecule has 0 radical (unpaired) electrons. The van der Waals surface area contributed by atoms with Gasteiger partial charge in [-0.2, -0.15) is 8.78 Å². The van der Waals surface area contributed by atoms with Crippen molar-refractivity contribution in [2.24, 2.45) is 5.92 Å². The molecule has 0 unspecified atom stereocenters. The third-order valence-electron chi connectivity index (χ3n) is 2.64. The summed E-state index contributed by atoms with van der Waals surface area (Å²) < 4.78 is 25.7. The van der Waals surface area contributed by atoms with Crippen LogP contribution in [0.25, 0.3) is 5.57 Å². The van der Waals surface area contributed by atoms with Crippen LogP contribution in [-0.2, 0) is 0 Å². The van der Waals surface area contributed by atoms with Crippen molar-refractivity contribution < 1.29 is 18.7 Å². The summed E-state index contributed by atoms with van der Waals surface area (Å²) in [5.41, 5.74) is 0.0549. The van der Waals surface area contributed by atoms with E-state index in [4.69, 9.17) is 16.7 Å². The Kier molecular flexibility index (Phi) is 3.15. The minimum Gasteiger partial charge on any atom is -0.478 e. The first-order valence-corrected chi connectivity index (χ1v) is 5.46. The van der Waals surface area contributed by atoms with Gasteiger partial charge < -0.3 is 5.11 Å². The van der Waals surface area contributed by atoms with Gasteiger partial charge in [-0.05, 0) is 42.5 Å². The Balaban J connectivity index is 2.51. The van der Waals surface area contributed by atoms with Crippen LogP contribution in [0.15, 0.2) is 24.3 Å². The van der Waals surface area contributed by atoms with Crippen molar-refractivity contribution in [3.8, 4) is 0 Å². The third kappa shape index (κ3) is 2.64. The zero-order chi connectivity index (χ0) is 12.6. The van der Waals surface area contributed by atoms with Gasteiger partial charge in [-0.15, -0.1) is 0 Å². The molecular formula is C12H9ClF2O2. The maximum Gasteiger partial charge on any atom is 0.335 e. The van der Waals surface area contributed by atoms with Crippen LogP contribution in [-0.4, -0.2) is 11.1 Å². The van der Waals surface area contributed by atoms with E-state index < -0.39 is 12.0 Å². The molecule has 1 aliphatic rings. The maximum absolute atomic E-state index is 12.8. The van der Waals surface area contributed by atoms with Crippen molar-refractivity contribution in [2.75, 3.05) is 0 Å². The molecule has 0 amide bonds. The van der Waals surface area contributed by atoms with Crippen LogP contribution >= 0.6 is 11.6 Å². The van der Waals surface area contributed by atoms with E-state index in [-0.39, 0.29) is 27.6 Å². The highest BCUT2D eigenvalue weighted by molar-refractivity contribution is 6.31. The van der Waals surface area contributed by atoms with Gasteiger partial charge in [-0.25, -0.2) is 4.79 Å². The maximum atomic E-state index is 12.8. The molecule has 1 aromatic carbocycles. The fourth-order valence-corrected chi connectivity index (χ4v) is 1.97. The summed E-state index contributed by atoms with van der Waals surface area (Å²) >= 11 is 5.74. The molecule has 0 bridgehead atoms. The monoisotopic (exact) mass is 258 g/mol. The highest BCUT2D eigenvalue weighted by atomic mass is 35.5. The van der Waals surface area contributed by atoms with Gasteiger partial charge in [-0.3, -0.25) is 0 Å². The molecule has 1 saturated carbocycles. The SMILES string of the molecule is O=C(O)c1cc(Cl)cc(C(=C(F)F)C2CC2)c1. The van der Waals surface area contributed by atoms with E-state index >= 15 is 0 Å². The topological polar surface area (TPSA) is 37.3 Å². The molecule has 1 fully saturated rings. The van der Waals surface area contributed by atoms with Crippen molar-refractivity contribution in [3.05, 3.63) is 40.4 Å². The molecule has 0 aliphatic heterocycles. The van der Waals surface area contributed by atoms with Crippen LogP contribution in [0, 0.1) is 5.92 Å². The Morgan fingerprint density at radius 1 is 1.24 bits per heavy atom. The fraction of sp³-hybridized carbons (Fsp3) is 0.250. The summed E-state index contributed by atoms with van der Waals surface area (Å²) in [5, 5.41) is 9.00. The molecule has 2 rings (SSSR count). The van der Waals surface area contributed by atoms with Crippen LogP contribution in [0.2, 0.25) is 5.02 Å². The van der Waals surface area contributed by atoms with E-state index in [0.29, 0.717) is 12.8 Å². The summed E-state index contributed by atoms with van der Waals surface area (Å²) in [7, 11) is 0. The molecule has 0 saturated heterocycles. The minimum absolute atomic E-state index is 0.0741. The van der Waals surface area contributed by atoms with Gasteiger partial charge in [0.25, 0.3) is 6.08 Å². The molecule has 0 spiro atoms. The van der Waals surface area contributed by atoms with Crippen molar-refractivity contribution in [3.63, 3.8) is 0 Å². The normalized spacial score (nSPS) is 14.5.